The molecule has 1 unspecified atom stereocenters. The minimum absolute atomic E-state index is 0.00541. The van der Waals surface area contributed by atoms with Crippen molar-refractivity contribution in [3.05, 3.63) is 47.7 Å². The van der Waals surface area contributed by atoms with Crippen LogP contribution in [-0.4, -0.2) is 52.4 Å². The van der Waals surface area contributed by atoms with Crippen LogP contribution in [0.4, 0.5) is 0 Å². The monoisotopic (exact) mass is 370 g/mol. The first kappa shape index (κ1) is 17.7. The van der Waals surface area contributed by atoms with E-state index in [1.54, 1.807) is 12.0 Å². The van der Waals surface area contributed by atoms with Crippen LogP contribution in [-0.2, 0) is 27.4 Å². The number of fused-ring (bicyclic) bond motifs is 1. The van der Waals surface area contributed by atoms with Gasteiger partial charge in [0.25, 0.3) is 5.89 Å². The Morgan fingerprint density at radius 2 is 2.22 bits per heavy atom. The lowest BCUT2D eigenvalue weighted by atomic mass is 10.2. The highest BCUT2D eigenvalue weighted by Crippen LogP contribution is 2.24. The van der Waals surface area contributed by atoms with E-state index >= 15 is 0 Å². The quantitative estimate of drug-likeness (QED) is 0.684. The van der Waals surface area contributed by atoms with E-state index in [-0.39, 0.29) is 25.1 Å². The van der Waals surface area contributed by atoms with Gasteiger partial charge in [0.2, 0.25) is 5.91 Å². The maximum atomic E-state index is 13.1. The molecule has 0 aliphatic carbocycles. The van der Waals surface area contributed by atoms with Gasteiger partial charge in [0.15, 0.2) is 5.82 Å². The van der Waals surface area contributed by atoms with Crippen LogP contribution in [0.15, 0.2) is 34.9 Å². The number of nitrogens with zero attached hydrogens (tertiary/aromatic N) is 4. The van der Waals surface area contributed by atoms with Gasteiger partial charge in [-0.2, -0.15) is 4.98 Å². The fourth-order valence-electron chi connectivity index (χ4n) is 3.49. The van der Waals surface area contributed by atoms with Crippen molar-refractivity contribution >= 4 is 16.8 Å². The number of para-hydroxylation sites is 1. The fourth-order valence-corrected chi connectivity index (χ4v) is 3.49. The highest BCUT2D eigenvalue weighted by Gasteiger charge is 2.32. The molecule has 8 nitrogen and oxygen atoms in total. The number of methoxy groups -OCH3 is 1. The van der Waals surface area contributed by atoms with Gasteiger partial charge in [0.1, 0.15) is 19.2 Å². The van der Waals surface area contributed by atoms with E-state index in [4.69, 9.17) is 14.0 Å². The number of ether oxygens (including phenoxy) is 2. The van der Waals surface area contributed by atoms with E-state index in [0.717, 1.165) is 16.6 Å². The Morgan fingerprint density at radius 1 is 1.37 bits per heavy atom. The van der Waals surface area contributed by atoms with Crippen molar-refractivity contribution in [2.24, 2.45) is 0 Å². The van der Waals surface area contributed by atoms with Crippen molar-refractivity contribution in [2.75, 3.05) is 26.9 Å². The van der Waals surface area contributed by atoms with Gasteiger partial charge in [-0.15, -0.1) is 0 Å². The number of carbonyl (C=O) groups is 1. The molecule has 0 saturated carbocycles. The molecule has 1 saturated heterocycles. The predicted molar refractivity (Wildman–Crippen MR) is 97.0 cm³/mol. The van der Waals surface area contributed by atoms with E-state index in [0.29, 0.717) is 31.5 Å². The lowest BCUT2D eigenvalue weighted by Crippen LogP contribution is -2.45. The SMILES string of the molecule is COCc1nc(C2COCCN2C(=O)Cn2c(C)cc3ccccc32)no1. The number of rotatable bonds is 5. The van der Waals surface area contributed by atoms with Crippen molar-refractivity contribution < 1.29 is 18.8 Å². The molecule has 8 heteroatoms. The van der Waals surface area contributed by atoms with Crippen LogP contribution in [0.5, 0.6) is 0 Å². The molecule has 4 rings (SSSR count). The number of amides is 1. The molecule has 1 aromatic carbocycles. The Labute approximate surface area is 156 Å². The molecule has 3 heterocycles. The summed E-state index contributed by atoms with van der Waals surface area (Å²) in [5.41, 5.74) is 2.10. The summed E-state index contributed by atoms with van der Waals surface area (Å²) in [5, 5.41) is 5.14. The molecule has 0 N–H and O–H groups in total. The number of carbonyl (C=O) groups excluding carboxylic acids is 1. The number of hydrogen-bond donors (Lipinski definition) is 0. The first-order chi connectivity index (χ1) is 13.2. The second-order valence-corrected chi connectivity index (χ2v) is 6.59. The van der Waals surface area contributed by atoms with E-state index in [9.17, 15) is 4.79 Å². The fraction of sp³-hybridized carbons (Fsp3) is 0.421. The van der Waals surface area contributed by atoms with Gasteiger partial charge >= 0.3 is 0 Å². The first-order valence-electron chi connectivity index (χ1n) is 8.91. The number of aryl methyl sites for hydroxylation is 1. The Kier molecular flexibility index (Phi) is 4.91. The van der Waals surface area contributed by atoms with Crippen LogP contribution >= 0.6 is 0 Å². The van der Waals surface area contributed by atoms with Crippen LogP contribution in [0.1, 0.15) is 23.5 Å². The summed E-state index contributed by atoms with van der Waals surface area (Å²) >= 11 is 0. The highest BCUT2D eigenvalue weighted by molar-refractivity contribution is 5.84. The Bertz CT molecular complexity index is 948. The molecule has 1 fully saturated rings. The minimum Gasteiger partial charge on any atom is -0.377 e. The highest BCUT2D eigenvalue weighted by atomic mass is 16.5. The molecule has 27 heavy (non-hydrogen) atoms. The Hall–Kier alpha value is -2.71. The zero-order valence-electron chi connectivity index (χ0n) is 15.4. The number of hydrogen-bond acceptors (Lipinski definition) is 6. The normalized spacial score (nSPS) is 17.6. The third kappa shape index (κ3) is 3.45. The molecular formula is C19H22N4O4. The summed E-state index contributed by atoms with van der Waals surface area (Å²) in [6, 6.07) is 9.80. The summed E-state index contributed by atoms with van der Waals surface area (Å²) in [4.78, 5) is 19.2. The van der Waals surface area contributed by atoms with Gasteiger partial charge in [0.05, 0.1) is 13.2 Å². The van der Waals surface area contributed by atoms with Crippen LogP contribution in [0.3, 0.4) is 0 Å². The Balaban J connectivity index is 1.57. The van der Waals surface area contributed by atoms with E-state index in [1.165, 1.54) is 0 Å². The van der Waals surface area contributed by atoms with E-state index < -0.39 is 0 Å². The van der Waals surface area contributed by atoms with Crippen molar-refractivity contribution in [3.63, 3.8) is 0 Å². The summed E-state index contributed by atoms with van der Waals surface area (Å²) in [6.45, 7) is 3.86. The number of benzene rings is 1. The van der Waals surface area contributed by atoms with E-state index in [2.05, 4.69) is 22.3 Å². The molecule has 1 atom stereocenters. The van der Waals surface area contributed by atoms with Gasteiger partial charge in [-0.1, -0.05) is 23.4 Å². The molecule has 0 spiro atoms. The average molecular weight is 370 g/mol. The second-order valence-electron chi connectivity index (χ2n) is 6.59. The molecule has 1 amide bonds. The molecule has 142 valence electrons. The lowest BCUT2D eigenvalue weighted by Gasteiger charge is -2.34. The van der Waals surface area contributed by atoms with Crippen molar-refractivity contribution in [3.8, 4) is 0 Å². The van der Waals surface area contributed by atoms with Gasteiger partial charge < -0.3 is 23.5 Å². The Morgan fingerprint density at radius 3 is 3.07 bits per heavy atom. The molecular weight excluding hydrogens is 348 g/mol. The minimum atomic E-state index is -0.359. The molecule has 0 bridgehead atoms. The van der Waals surface area contributed by atoms with E-state index in [1.807, 2.05) is 29.7 Å². The second kappa shape index (κ2) is 7.50. The van der Waals surface area contributed by atoms with Crippen LogP contribution in [0.2, 0.25) is 0 Å². The maximum absolute atomic E-state index is 13.1. The molecule has 2 aromatic heterocycles. The maximum Gasteiger partial charge on any atom is 0.252 e. The molecule has 0 radical (unpaired) electrons. The molecule has 1 aliphatic rings. The topological polar surface area (TPSA) is 82.6 Å². The third-order valence-electron chi connectivity index (χ3n) is 4.81. The largest absolute Gasteiger partial charge is 0.377 e. The summed E-state index contributed by atoms with van der Waals surface area (Å²) in [7, 11) is 1.56. The number of aromatic nitrogens is 3. The zero-order valence-corrected chi connectivity index (χ0v) is 15.4. The lowest BCUT2D eigenvalue weighted by molar-refractivity contribution is -0.141. The van der Waals surface area contributed by atoms with Crippen LogP contribution in [0.25, 0.3) is 10.9 Å². The van der Waals surface area contributed by atoms with Gasteiger partial charge in [0, 0.05) is 24.9 Å². The summed E-state index contributed by atoms with van der Waals surface area (Å²) in [6.07, 6.45) is 0. The number of morpholine rings is 1. The first-order valence-corrected chi connectivity index (χ1v) is 8.91. The van der Waals surface area contributed by atoms with Crippen LogP contribution in [0, 0.1) is 6.92 Å². The summed E-state index contributed by atoms with van der Waals surface area (Å²) < 4.78 is 17.8. The van der Waals surface area contributed by atoms with Crippen molar-refractivity contribution in [1.82, 2.24) is 19.6 Å². The smallest absolute Gasteiger partial charge is 0.252 e. The predicted octanol–water partition coefficient (Wildman–Crippen LogP) is 2.08. The van der Waals surface area contributed by atoms with Gasteiger partial charge in [-0.05, 0) is 24.4 Å². The van der Waals surface area contributed by atoms with Gasteiger partial charge in [-0.3, -0.25) is 4.79 Å². The van der Waals surface area contributed by atoms with Crippen molar-refractivity contribution in [1.29, 1.82) is 0 Å². The summed E-state index contributed by atoms with van der Waals surface area (Å²) in [5.74, 6) is 0.841. The van der Waals surface area contributed by atoms with Gasteiger partial charge in [-0.25, -0.2) is 0 Å². The average Bonchev–Trinajstić information content (AvgIpc) is 3.27. The molecule has 3 aromatic rings. The molecule has 1 aliphatic heterocycles. The zero-order chi connectivity index (χ0) is 18.8. The van der Waals surface area contributed by atoms with Crippen LogP contribution < -0.4 is 0 Å². The van der Waals surface area contributed by atoms with Crippen molar-refractivity contribution in [2.45, 2.75) is 26.1 Å². The standard InChI is InChI=1S/C19H22N4O4/c1-13-9-14-5-3-4-6-15(14)23(13)10-18(24)22-7-8-26-11-16(22)19-20-17(12-25-2)27-21-19/h3-6,9,16H,7-8,10-12H2,1-2H3. The third-order valence-corrected chi connectivity index (χ3v) is 4.81.